The third kappa shape index (κ3) is 3.19. The van der Waals surface area contributed by atoms with Crippen LogP contribution in [-0.4, -0.2) is 11.0 Å². The fourth-order valence-electron chi connectivity index (χ4n) is 2.64. The van der Waals surface area contributed by atoms with Crippen LogP contribution in [0.5, 0.6) is 5.75 Å². The first kappa shape index (κ1) is 16.7. The van der Waals surface area contributed by atoms with E-state index in [4.69, 9.17) is 16.3 Å². The van der Waals surface area contributed by atoms with Crippen LogP contribution in [0.4, 0.5) is 4.39 Å². The molecule has 3 nitrogen and oxygen atoms in total. The molecule has 0 aliphatic heterocycles. The van der Waals surface area contributed by atoms with E-state index >= 15 is 0 Å². The molecule has 2 heterocycles. The van der Waals surface area contributed by atoms with E-state index in [1.165, 1.54) is 35.6 Å². The van der Waals surface area contributed by atoms with Crippen LogP contribution in [0.25, 0.3) is 21.3 Å². The lowest BCUT2D eigenvalue weighted by Gasteiger charge is -2.06. The van der Waals surface area contributed by atoms with Crippen LogP contribution >= 0.6 is 22.9 Å². The molecule has 0 aliphatic carbocycles. The first-order valence-electron chi connectivity index (χ1n) is 7.73. The van der Waals surface area contributed by atoms with E-state index < -0.39 is 11.8 Å². The van der Waals surface area contributed by atoms with E-state index in [0.29, 0.717) is 9.90 Å². The van der Waals surface area contributed by atoms with Gasteiger partial charge in [-0.3, -0.25) is 0 Å². The van der Waals surface area contributed by atoms with E-state index in [9.17, 15) is 9.18 Å². The van der Waals surface area contributed by atoms with Crippen molar-refractivity contribution >= 4 is 39.1 Å². The minimum Gasteiger partial charge on any atom is -0.422 e. The predicted molar refractivity (Wildman–Crippen MR) is 101 cm³/mol. The lowest BCUT2D eigenvalue weighted by Crippen LogP contribution is -2.07. The number of nitrogens with zero attached hydrogens (tertiary/aromatic N) is 1. The lowest BCUT2D eigenvalue weighted by atomic mass is 10.0. The second kappa shape index (κ2) is 6.86. The number of esters is 1. The van der Waals surface area contributed by atoms with Crippen molar-refractivity contribution in [1.82, 2.24) is 4.98 Å². The van der Waals surface area contributed by atoms with Crippen LogP contribution in [0.15, 0.2) is 66.9 Å². The van der Waals surface area contributed by atoms with Crippen LogP contribution in [0, 0.1) is 5.82 Å². The highest BCUT2D eigenvalue weighted by atomic mass is 35.5. The Bertz CT molecular complexity index is 1090. The largest absolute Gasteiger partial charge is 0.422 e. The molecule has 2 aromatic carbocycles. The summed E-state index contributed by atoms with van der Waals surface area (Å²) in [5.41, 5.74) is 1.60. The van der Waals surface area contributed by atoms with Crippen LogP contribution < -0.4 is 4.74 Å². The zero-order valence-corrected chi connectivity index (χ0v) is 14.9. The molecule has 0 radical (unpaired) electrons. The molecule has 26 heavy (non-hydrogen) atoms. The zero-order valence-electron chi connectivity index (χ0n) is 13.3. The molecule has 0 aliphatic rings. The Morgan fingerprint density at radius 2 is 1.77 bits per heavy atom. The molecule has 0 bridgehead atoms. The maximum absolute atomic E-state index is 13.0. The van der Waals surface area contributed by atoms with Crippen molar-refractivity contribution in [3.63, 3.8) is 0 Å². The van der Waals surface area contributed by atoms with Gasteiger partial charge in [-0.25, -0.2) is 14.2 Å². The fourth-order valence-corrected chi connectivity index (χ4v) is 3.80. The third-order valence-electron chi connectivity index (χ3n) is 3.81. The molecule has 0 N–H and O–H groups in total. The number of halogens is 2. The minimum atomic E-state index is -0.510. The Kier molecular flexibility index (Phi) is 4.41. The summed E-state index contributed by atoms with van der Waals surface area (Å²) in [4.78, 5) is 18.3. The second-order valence-electron chi connectivity index (χ2n) is 5.51. The first-order valence-corrected chi connectivity index (χ1v) is 8.92. The normalized spacial score (nSPS) is 10.8. The molecule has 4 rings (SSSR count). The molecular formula is C20H11ClFNO2S. The summed E-state index contributed by atoms with van der Waals surface area (Å²) in [7, 11) is 0. The number of hydrogen-bond donors (Lipinski definition) is 0. The number of carbonyl (C=O) groups excluding carboxylic acids is 1. The van der Waals surface area contributed by atoms with Gasteiger partial charge in [-0.05, 0) is 54.1 Å². The topological polar surface area (TPSA) is 39.2 Å². The summed E-state index contributed by atoms with van der Waals surface area (Å²) >= 11 is 7.24. The zero-order chi connectivity index (χ0) is 18.1. The van der Waals surface area contributed by atoms with E-state index in [-0.39, 0.29) is 5.75 Å². The number of fused-ring (bicyclic) bond motifs is 1. The van der Waals surface area contributed by atoms with Gasteiger partial charge >= 0.3 is 5.97 Å². The number of hydrogen-bond acceptors (Lipinski definition) is 4. The number of ether oxygens (including phenoxy) is 1. The summed E-state index contributed by atoms with van der Waals surface area (Å²) in [6.07, 6.45) is 1.68. The molecule has 2 aromatic heterocycles. The summed E-state index contributed by atoms with van der Waals surface area (Å²) < 4.78 is 18.5. The van der Waals surface area contributed by atoms with Crippen molar-refractivity contribution in [3.8, 4) is 16.9 Å². The summed E-state index contributed by atoms with van der Waals surface area (Å²) in [5.74, 6) is -0.619. The molecule has 0 amide bonds. The smallest absolute Gasteiger partial charge is 0.354 e. The molecule has 0 atom stereocenters. The Morgan fingerprint density at radius 1 is 1.04 bits per heavy atom. The average molecular weight is 384 g/mol. The van der Waals surface area contributed by atoms with Crippen molar-refractivity contribution in [2.24, 2.45) is 0 Å². The SMILES string of the molecule is O=C(Oc1ccc(F)cc1)c1sc2ncccc2c1-c1ccc(Cl)cc1. The van der Waals surface area contributed by atoms with Crippen molar-refractivity contribution in [2.75, 3.05) is 0 Å². The van der Waals surface area contributed by atoms with Gasteiger partial charge in [0.2, 0.25) is 0 Å². The number of rotatable bonds is 3. The molecule has 0 saturated carbocycles. The maximum atomic E-state index is 13.0. The molecule has 0 saturated heterocycles. The molecule has 0 fully saturated rings. The average Bonchev–Trinajstić information content (AvgIpc) is 3.04. The summed E-state index contributed by atoms with van der Waals surface area (Å²) in [6.45, 7) is 0. The molecular weight excluding hydrogens is 373 g/mol. The summed E-state index contributed by atoms with van der Waals surface area (Å²) in [6, 6.07) is 16.3. The van der Waals surface area contributed by atoms with Gasteiger partial charge in [0.25, 0.3) is 0 Å². The molecule has 6 heteroatoms. The highest BCUT2D eigenvalue weighted by Crippen LogP contribution is 2.38. The van der Waals surface area contributed by atoms with Crippen molar-refractivity contribution in [1.29, 1.82) is 0 Å². The molecule has 128 valence electrons. The lowest BCUT2D eigenvalue weighted by molar-refractivity contribution is 0.0740. The Morgan fingerprint density at radius 3 is 2.50 bits per heavy atom. The Labute approximate surface area is 157 Å². The predicted octanol–water partition coefficient (Wildman–Crippen LogP) is 5.98. The van der Waals surface area contributed by atoms with Crippen molar-refractivity contribution in [3.05, 3.63) is 82.6 Å². The number of pyridine rings is 1. The van der Waals surface area contributed by atoms with E-state index in [1.54, 1.807) is 18.3 Å². The number of benzene rings is 2. The fraction of sp³-hybridized carbons (Fsp3) is 0. The highest BCUT2D eigenvalue weighted by molar-refractivity contribution is 7.21. The van der Waals surface area contributed by atoms with Crippen LogP contribution in [-0.2, 0) is 0 Å². The van der Waals surface area contributed by atoms with Gasteiger partial charge < -0.3 is 4.74 Å². The number of carbonyl (C=O) groups is 1. The summed E-state index contributed by atoms with van der Waals surface area (Å²) in [5, 5.41) is 1.48. The second-order valence-corrected chi connectivity index (χ2v) is 6.95. The number of aromatic nitrogens is 1. The van der Waals surface area contributed by atoms with Gasteiger partial charge in [-0.15, -0.1) is 11.3 Å². The quantitative estimate of drug-likeness (QED) is 0.323. The van der Waals surface area contributed by atoms with Gasteiger partial charge in [-0.2, -0.15) is 0 Å². The van der Waals surface area contributed by atoms with Gasteiger partial charge in [0, 0.05) is 22.2 Å². The maximum Gasteiger partial charge on any atom is 0.354 e. The third-order valence-corrected chi connectivity index (χ3v) is 5.15. The highest BCUT2D eigenvalue weighted by Gasteiger charge is 2.22. The monoisotopic (exact) mass is 383 g/mol. The molecule has 0 unspecified atom stereocenters. The Balaban J connectivity index is 1.81. The first-order chi connectivity index (χ1) is 12.6. The molecule has 0 spiro atoms. The van der Waals surface area contributed by atoms with Crippen LogP contribution in [0.1, 0.15) is 9.67 Å². The van der Waals surface area contributed by atoms with E-state index in [2.05, 4.69) is 4.98 Å². The van der Waals surface area contributed by atoms with Gasteiger partial charge in [0.05, 0.1) is 0 Å². The minimum absolute atomic E-state index is 0.281. The van der Waals surface area contributed by atoms with Gasteiger partial charge in [0.15, 0.2) is 0 Å². The van der Waals surface area contributed by atoms with Crippen molar-refractivity contribution in [2.45, 2.75) is 0 Å². The Hall–Kier alpha value is -2.76. The van der Waals surface area contributed by atoms with Crippen LogP contribution in [0.3, 0.4) is 0 Å². The molecule has 4 aromatic rings. The van der Waals surface area contributed by atoms with Gasteiger partial charge in [0.1, 0.15) is 21.3 Å². The van der Waals surface area contributed by atoms with Crippen LogP contribution in [0.2, 0.25) is 5.02 Å². The van der Waals surface area contributed by atoms with E-state index in [1.807, 2.05) is 24.3 Å². The van der Waals surface area contributed by atoms with Gasteiger partial charge in [-0.1, -0.05) is 23.7 Å². The van der Waals surface area contributed by atoms with Crippen molar-refractivity contribution < 1.29 is 13.9 Å². The standard InChI is InChI=1S/C20H11ClFNO2S/c21-13-5-3-12(4-6-13)17-16-2-1-11-23-19(16)26-18(17)20(24)25-15-9-7-14(22)8-10-15/h1-11H. The number of thiophene rings is 1. The van der Waals surface area contributed by atoms with E-state index in [0.717, 1.165) is 21.3 Å².